The first-order valence-electron chi connectivity index (χ1n) is 5.95. The second kappa shape index (κ2) is 6.80. The Hall–Kier alpha value is -2.22. The Labute approximate surface area is 115 Å². The van der Waals surface area contributed by atoms with Crippen LogP contribution in [0.15, 0.2) is 12.1 Å². The molecule has 8 heteroatoms. The van der Waals surface area contributed by atoms with E-state index >= 15 is 0 Å². The Morgan fingerprint density at radius 1 is 1.55 bits per heavy atom. The van der Waals surface area contributed by atoms with Crippen LogP contribution in [0.25, 0.3) is 0 Å². The molecule has 1 aromatic carbocycles. The fraction of sp³-hybridized carbons (Fsp3) is 0.417. The predicted octanol–water partition coefficient (Wildman–Crippen LogP) is 1.42. The van der Waals surface area contributed by atoms with Crippen molar-refractivity contribution in [3.05, 3.63) is 33.6 Å². The number of benzene rings is 1. The van der Waals surface area contributed by atoms with Crippen molar-refractivity contribution in [1.82, 2.24) is 4.90 Å². The zero-order valence-corrected chi connectivity index (χ0v) is 11.3. The molecule has 0 atom stereocenters. The standard InChI is InChI=1S/C12H16FN3O4/c1-3-20-7-6-15(2)12(17)10-8(13)4-5-9(11(10)14)16(18)19/h4-5H,3,6-7,14H2,1-2H3. The van der Waals surface area contributed by atoms with E-state index in [4.69, 9.17) is 10.5 Å². The van der Waals surface area contributed by atoms with Crippen molar-refractivity contribution in [2.75, 3.05) is 32.5 Å². The van der Waals surface area contributed by atoms with E-state index in [1.165, 1.54) is 11.9 Å². The van der Waals surface area contributed by atoms with Gasteiger partial charge in [-0.05, 0) is 13.0 Å². The molecule has 7 nitrogen and oxygen atoms in total. The summed E-state index contributed by atoms with van der Waals surface area (Å²) in [6, 6.07) is 1.79. The molecule has 110 valence electrons. The first kappa shape index (κ1) is 15.8. The van der Waals surface area contributed by atoms with Crippen LogP contribution >= 0.6 is 0 Å². The highest BCUT2D eigenvalue weighted by atomic mass is 19.1. The summed E-state index contributed by atoms with van der Waals surface area (Å²) >= 11 is 0. The molecular weight excluding hydrogens is 269 g/mol. The normalized spacial score (nSPS) is 10.3. The highest BCUT2D eigenvalue weighted by Gasteiger charge is 2.25. The van der Waals surface area contributed by atoms with Gasteiger partial charge >= 0.3 is 0 Å². The van der Waals surface area contributed by atoms with Gasteiger partial charge in [-0.25, -0.2) is 4.39 Å². The van der Waals surface area contributed by atoms with Crippen molar-refractivity contribution < 1.29 is 18.8 Å². The zero-order chi connectivity index (χ0) is 15.3. The van der Waals surface area contributed by atoms with Crippen LogP contribution in [0, 0.1) is 15.9 Å². The number of rotatable bonds is 6. The minimum absolute atomic E-state index is 0.230. The predicted molar refractivity (Wildman–Crippen MR) is 70.9 cm³/mol. The number of nitro benzene ring substituents is 1. The fourth-order valence-electron chi connectivity index (χ4n) is 1.60. The molecule has 0 aliphatic heterocycles. The molecule has 0 bridgehead atoms. The van der Waals surface area contributed by atoms with E-state index < -0.39 is 33.6 Å². The molecule has 0 aliphatic carbocycles. The molecule has 0 saturated carbocycles. The van der Waals surface area contributed by atoms with Crippen molar-refractivity contribution in [2.24, 2.45) is 0 Å². The minimum atomic E-state index is -0.888. The Kier molecular flexibility index (Phi) is 5.39. The molecule has 1 amide bonds. The maximum absolute atomic E-state index is 13.7. The number of nitrogens with two attached hydrogens (primary N) is 1. The summed E-state index contributed by atoms with van der Waals surface area (Å²) in [6.45, 7) is 2.82. The number of carbonyl (C=O) groups is 1. The lowest BCUT2D eigenvalue weighted by atomic mass is 10.1. The number of carbonyl (C=O) groups excluding carboxylic acids is 1. The average molecular weight is 285 g/mol. The van der Waals surface area contributed by atoms with E-state index in [9.17, 15) is 19.3 Å². The van der Waals surface area contributed by atoms with Gasteiger partial charge in [-0.15, -0.1) is 0 Å². The minimum Gasteiger partial charge on any atom is -0.392 e. The van der Waals surface area contributed by atoms with Gasteiger partial charge < -0.3 is 15.4 Å². The molecule has 1 aromatic rings. The molecule has 0 radical (unpaired) electrons. The maximum Gasteiger partial charge on any atom is 0.293 e. The third-order valence-corrected chi connectivity index (χ3v) is 2.70. The maximum atomic E-state index is 13.7. The van der Waals surface area contributed by atoms with E-state index in [1.807, 2.05) is 0 Å². The van der Waals surface area contributed by atoms with Gasteiger partial charge in [0.05, 0.1) is 11.5 Å². The highest BCUT2D eigenvalue weighted by Crippen LogP contribution is 2.28. The summed E-state index contributed by atoms with van der Waals surface area (Å²) in [6.07, 6.45) is 0. The van der Waals surface area contributed by atoms with Crippen LogP contribution in [-0.2, 0) is 4.74 Å². The largest absolute Gasteiger partial charge is 0.392 e. The number of ether oxygens (including phenoxy) is 1. The van der Waals surface area contributed by atoms with Gasteiger partial charge in [0.15, 0.2) is 0 Å². The summed E-state index contributed by atoms with van der Waals surface area (Å²) in [5.41, 5.74) is 4.07. The zero-order valence-electron chi connectivity index (χ0n) is 11.3. The SMILES string of the molecule is CCOCCN(C)C(=O)c1c(F)ccc([N+](=O)[O-])c1N. The molecular formula is C12H16FN3O4. The summed E-state index contributed by atoms with van der Waals surface area (Å²) in [5.74, 6) is -1.61. The van der Waals surface area contributed by atoms with Gasteiger partial charge in [0.1, 0.15) is 17.1 Å². The lowest BCUT2D eigenvalue weighted by molar-refractivity contribution is -0.384. The van der Waals surface area contributed by atoms with Gasteiger partial charge in [0, 0.05) is 26.3 Å². The number of halogens is 1. The molecule has 0 aromatic heterocycles. The van der Waals surface area contributed by atoms with Crippen LogP contribution in [0.5, 0.6) is 0 Å². The smallest absolute Gasteiger partial charge is 0.293 e. The topological polar surface area (TPSA) is 98.7 Å². The van der Waals surface area contributed by atoms with Gasteiger partial charge in [0.2, 0.25) is 0 Å². The first-order valence-corrected chi connectivity index (χ1v) is 5.95. The number of anilines is 1. The van der Waals surface area contributed by atoms with Crippen LogP contribution in [0.1, 0.15) is 17.3 Å². The second-order valence-electron chi connectivity index (χ2n) is 4.04. The second-order valence-corrected chi connectivity index (χ2v) is 4.04. The van der Waals surface area contributed by atoms with E-state index in [0.29, 0.717) is 6.61 Å². The number of nitrogens with zero attached hydrogens (tertiary/aromatic N) is 2. The summed E-state index contributed by atoms with van der Waals surface area (Å²) in [5, 5.41) is 10.7. The van der Waals surface area contributed by atoms with Crippen molar-refractivity contribution in [1.29, 1.82) is 0 Å². The number of likely N-dealkylation sites (N-methyl/N-ethyl adjacent to an activating group) is 1. The average Bonchev–Trinajstić information content (AvgIpc) is 2.38. The van der Waals surface area contributed by atoms with Crippen LogP contribution in [0.2, 0.25) is 0 Å². The molecule has 0 spiro atoms. The lowest BCUT2D eigenvalue weighted by Crippen LogP contribution is -2.31. The first-order chi connectivity index (χ1) is 9.40. The van der Waals surface area contributed by atoms with Crippen molar-refractivity contribution >= 4 is 17.3 Å². The number of amides is 1. The third-order valence-electron chi connectivity index (χ3n) is 2.70. The number of hydrogen-bond donors (Lipinski definition) is 1. The van der Waals surface area contributed by atoms with Crippen LogP contribution in [0.3, 0.4) is 0 Å². The van der Waals surface area contributed by atoms with E-state index in [1.54, 1.807) is 6.92 Å². The molecule has 2 N–H and O–H groups in total. The van der Waals surface area contributed by atoms with Crippen molar-refractivity contribution in [3.8, 4) is 0 Å². The number of hydrogen-bond acceptors (Lipinski definition) is 5. The highest BCUT2D eigenvalue weighted by molar-refractivity contribution is 6.01. The third kappa shape index (κ3) is 3.41. The molecule has 0 unspecified atom stereocenters. The molecule has 0 saturated heterocycles. The van der Waals surface area contributed by atoms with Gasteiger partial charge in [-0.2, -0.15) is 0 Å². The quantitative estimate of drug-likeness (QED) is 0.369. The van der Waals surface area contributed by atoms with E-state index in [2.05, 4.69) is 0 Å². The lowest BCUT2D eigenvalue weighted by Gasteiger charge is -2.18. The van der Waals surface area contributed by atoms with Gasteiger partial charge in [0.25, 0.3) is 11.6 Å². The fourth-order valence-corrected chi connectivity index (χ4v) is 1.60. The molecule has 0 fully saturated rings. The van der Waals surface area contributed by atoms with Crippen LogP contribution in [-0.4, -0.2) is 42.5 Å². The van der Waals surface area contributed by atoms with Crippen molar-refractivity contribution in [3.63, 3.8) is 0 Å². The summed E-state index contributed by atoms with van der Waals surface area (Å²) in [7, 11) is 1.44. The van der Waals surface area contributed by atoms with Crippen LogP contribution < -0.4 is 5.73 Å². The summed E-state index contributed by atoms with van der Waals surface area (Å²) in [4.78, 5) is 23.3. The number of nitro groups is 1. The van der Waals surface area contributed by atoms with E-state index in [0.717, 1.165) is 12.1 Å². The van der Waals surface area contributed by atoms with E-state index in [-0.39, 0.29) is 13.2 Å². The Morgan fingerprint density at radius 3 is 2.75 bits per heavy atom. The molecule has 20 heavy (non-hydrogen) atoms. The molecule has 1 rings (SSSR count). The van der Waals surface area contributed by atoms with Crippen LogP contribution in [0.4, 0.5) is 15.8 Å². The monoisotopic (exact) mass is 285 g/mol. The summed E-state index contributed by atoms with van der Waals surface area (Å²) < 4.78 is 18.8. The molecule has 0 heterocycles. The van der Waals surface area contributed by atoms with Crippen molar-refractivity contribution in [2.45, 2.75) is 6.92 Å². The van der Waals surface area contributed by atoms with Gasteiger partial charge in [-0.1, -0.05) is 0 Å². The Morgan fingerprint density at radius 2 is 2.20 bits per heavy atom. The molecule has 0 aliphatic rings. The number of nitrogen functional groups attached to an aromatic ring is 1. The van der Waals surface area contributed by atoms with Gasteiger partial charge in [-0.3, -0.25) is 14.9 Å². The Balaban J connectivity index is 3.03. The Bertz CT molecular complexity index is 522.